The first-order valence-electron chi connectivity index (χ1n) is 7.73. The zero-order valence-corrected chi connectivity index (χ0v) is 13.3. The highest BCUT2D eigenvalue weighted by atomic mass is 16.5. The predicted octanol–water partition coefficient (Wildman–Crippen LogP) is 3.65. The average molecular weight is 298 g/mol. The maximum absolute atomic E-state index is 5.55. The van der Waals surface area contributed by atoms with Crippen molar-refractivity contribution in [1.29, 1.82) is 0 Å². The first-order valence-corrected chi connectivity index (χ1v) is 7.73. The summed E-state index contributed by atoms with van der Waals surface area (Å²) in [4.78, 5) is 12.2. The molecule has 0 bridgehead atoms. The van der Waals surface area contributed by atoms with Crippen molar-refractivity contribution in [3.8, 4) is 0 Å². The van der Waals surface area contributed by atoms with E-state index in [1.807, 2.05) is 13.8 Å². The van der Waals surface area contributed by atoms with Crippen molar-refractivity contribution in [3.05, 3.63) is 30.1 Å². The van der Waals surface area contributed by atoms with Crippen LogP contribution >= 0.6 is 0 Å². The van der Waals surface area contributed by atoms with E-state index >= 15 is 0 Å². The third kappa shape index (κ3) is 3.04. The molecule has 5 nitrogen and oxygen atoms in total. The number of H-pyrrole nitrogens is 1. The molecule has 0 atom stereocenters. The predicted molar refractivity (Wildman–Crippen MR) is 90.3 cm³/mol. The van der Waals surface area contributed by atoms with Gasteiger partial charge in [-0.15, -0.1) is 0 Å². The number of nitrogens with zero attached hydrogens (tertiary/aromatic N) is 2. The Morgan fingerprint density at radius 2 is 2.14 bits per heavy atom. The molecule has 2 heterocycles. The number of rotatable bonds is 6. The van der Waals surface area contributed by atoms with Gasteiger partial charge in [-0.3, -0.25) is 0 Å². The van der Waals surface area contributed by atoms with E-state index < -0.39 is 0 Å². The monoisotopic (exact) mass is 298 g/mol. The summed E-state index contributed by atoms with van der Waals surface area (Å²) >= 11 is 0. The molecule has 0 radical (unpaired) electrons. The molecule has 0 aliphatic carbocycles. The number of nitrogens with one attached hydrogen (secondary N) is 2. The van der Waals surface area contributed by atoms with E-state index in [9.17, 15) is 0 Å². The molecule has 0 amide bonds. The minimum absolute atomic E-state index is 0.280. The van der Waals surface area contributed by atoms with Gasteiger partial charge in [0.2, 0.25) is 0 Å². The van der Waals surface area contributed by atoms with Gasteiger partial charge in [0, 0.05) is 24.1 Å². The molecule has 116 valence electrons. The molecule has 3 aromatic rings. The van der Waals surface area contributed by atoms with Crippen LogP contribution in [0.25, 0.3) is 21.9 Å². The molecule has 1 aromatic carbocycles. The largest absolute Gasteiger partial charge is 0.379 e. The van der Waals surface area contributed by atoms with Crippen LogP contribution in [0.4, 0.5) is 5.82 Å². The van der Waals surface area contributed by atoms with Gasteiger partial charge in [0.15, 0.2) is 5.82 Å². The number of ether oxygens (including phenoxy) is 1. The molecule has 2 aromatic heterocycles. The second kappa shape index (κ2) is 6.32. The Bertz CT molecular complexity index is 779. The van der Waals surface area contributed by atoms with Crippen LogP contribution in [-0.4, -0.2) is 34.2 Å². The lowest BCUT2D eigenvalue weighted by Crippen LogP contribution is -2.10. The summed E-state index contributed by atoms with van der Waals surface area (Å²) in [5.74, 6) is 0.850. The van der Waals surface area contributed by atoms with E-state index in [1.165, 1.54) is 5.56 Å². The third-order valence-corrected chi connectivity index (χ3v) is 3.60. The van der Waals surface area contributed by atoms with Gasteiger partial charge in [-0.1, -0.05) is 11.6 Å². The van der Waals surface area contributed by atoms with Gasteiger partial charge in [0.25, 0.3) is 0 Å². The summed E-state index contributed by atoms with van der Waals surface area (Å²) in [5.41, 5.74) is 4.25. The standard InChI is InChI=1S/C17H22N4O/c1-11(2)22-8-4-7-18-17-16-15(19-10-20-17)13-9-12(3)5-6-14(13)21-16/h5-6,9-11,21H,4,7-8H2,1-3H3,(H,18,19,20). The van der Waals surface area contributed by atoms with Gasteiger partial charge < -0.3 is 15.0 Å². The van der Waals surface area contributed by atoms with Crippen molar-refractivity contribution < 1.29 is 4.74 Å². The van der Waals surface area contributed by atoms with Crippen LogP contribution in [0, 0.1) is 6.92 Å². The highest BCUT2D eigenvalue weighted by molar-refractivity contribution is 6.08. The second-order valence-corrected chi connectivity index (χ2v) is 5.82. The minimum Gasteiger partial charge on any atom is -0.379 e. The molecule has 0 saturated carbocycles. The number of anilines is 1. The zero-order valence-electron chi connectivity index (χ0n) is 13.3. The summed E-state index contributed by atoms with van der Waals surface area (Å²) < 4.78 is 5.55. The first kappa shape index (κ1) is 14.8. The first-order chi connectivity index (χ1) is 10.6. The minimum atomic E-state index is 0.280. The van der Waals surface area contributed by atoms with Crippen LogP contribution in [0.3, 0.4) is 0 Å². The summed E-state index contributed by atoms with van der Waals surface area (Å²) in [7, 11) is 0. The molecule has 0 saturated heterocycles. The molecule has 0 aliphatic rings. The molecule has 3 rings (SSSR count). The van der Waals surface area contributed by atoms with Crippen LogP contribution in [0.15, 0.2) is 24.5 Å². The van der Waals surface area contributed by atoms with Crippen molar-refractivity contribution in [2.75, 3.05) is 18.5 Å². The topological polar surface area (TPSA) is 62.8 Å². The van der Waals surface area contributed by atoms with E-state index in [2.05, 4.69) is 45.4 Å². The fraction of sp³-hybridized carbons (Fsp3) is 0.412. The number of aromatic amines is 1. The van der Waals surface area contributed by atoms with Gasteiger partial charge in [-0.2, -0.15) is 0 Å². The van der Waals surface area contributed by atoms with Crippen molar-refractivity contribution in [2.45, 2.75) is 33.3 Å². The number of aromatic nitrogens is 3. The van der Waals surface area contributed by atoms with Gasteiger partial charge in [0.05, 0.1) is 6.10 Å². The maximum Gasteiger partial charge on any atom is 0.153 e. The Kier molecular flexibility index (Phi) is 4.24. The van der Waals surface area contributed by atoms with Crippen LogP contribution in [0.1, 0.15) is 25.8 Å². The quantitative estimate of drug-likeness (QED) is 0.682. The number of hydrogen-bond donors (Lipinski definition) is 2. The van der Waals surface area contributed by atoms with Gasteiger partial charge in [-0.25, -0.2) is 9.97 Å². The lowest BCUT2D eigenvalue weighted by atomic mass is 10.1. The number of hydrogen-bond acceptors (Lipinski definition) is 4. The van der Waals surface area contributed by atoms with Crippen LogP contribution in [0.5, 0.6) is 0 Å². The summed E-state index contributed by atoms with van der Waals surface area (Å²) in [6.45, 7) is 7.77. The van der Waals surface area contributed by atoms with Crippen LogP contribution in [-0.2, 0) is 4.74 Å². The fourth-order valence-corrected chi connectivity index (χ4v) is 2.54. The molecular weight excluding hydrogens is 276 g/mol. The van der Waals surface area contributed by atoms with E-state index in [-0.39, 0.29) is 6.10 Å². The number of benzene rings is 1. The molecule has 22 heavy (non-hydrogen) atoms. The van der Waals surface area contributed by atoms with E-state index in [4.69, 9.17) is 4.74 Å². The lowest BCUT2D eigenvalue weighted by molar-refractivity contribution is 0.0787. The number of fused-ring (bicyclic) bond motifs is 3. The number of aryl methyl sites for hydroxylation is 1. The lowest BCUT2D eigenvalue weighted by Gasteiger charge is -2.08. The summed E-state index contributed by atoms with van der Waals surface area (Å²) in [6.07, 6.45) is 2.84. The highest BCUT2D eigenvalue weighted by Crippen LogP contribution is 2.27. The molecule has 0 spiro atoms. The molecule has 0 fully saturated rings. The summed E-state index contributed by atoms with van der Waals surface area (Å²) in [5, 5.41) is 4.52. The van der Waals surface area contributed by atoms with E-state index in [0.29, 0.717) is 0 Å². The van der Waals surface area contributed by atoms with Gasteiger partial charge in [0.1, 0.15) is 17.4 Å². The van der Waals surface area contributed by atoms with Gasteiger partial charge in [-0.05, 0) is 39.3 Å². The molecule has 5 heteroatoms. The maximum atomic E-state index is 5.55. The normalized spacial score (nSPS) is 11.6. The van der Waals surface area contributed by atoms with Gasteiger partial charge >= 0.3 is 0 Å². The molecule has 0 aliphatic heterocycles. The van der Waals surface area contributed by atoms with E-state index in [1.54, 1.807) is 6.33 Å². The Morgan fingerprint density at radius 3 is 2.95 bits per heavy atom. The summed E-state index contributed by atoms with van der Waals surface area (Å²) in [6, 6.07) is 6.34. The van der Waals surface area contributed by atoms with Crippen LogP contribution < -0.4 is 5.32 Å². The highest BCUT2D eigenvalue weighted by Gasteiger charge is 2.10. The Balaban J connectivity index is 1.80. The van der Waals surface area contributed by atoms with Crippen molar-refractivity contribution in [1.82, 2.24) is 15.0 Å². The van der Waals surface area contributed by atoms with E-state index in [0.717, 1.165) is 47.3 Å². The Morgan fingerprint density at radius 1 is 1.27 bits per heavy atom. The Hall–Kier alpha value is -2.14. The van der Waals surface area contributed by atoms with Crippen molar-refractivity contribution in [3.63, 3.8) is 0 Å². The average Bonchev–Trinajstić information content (AvgIpc) is 2.85. The zero-order chi connectivity index (χ0) is 15.5. The Labute approximate surface area is 130 Å². The smallest absolute Gasteiger partial charge is 0.153 e. The van der Waals surface area contributed by atoms with Crippen LogP contribution in [0.2, 0.25) is 0 Å². The molecular formula is C17H22N4O. The molecule has 2 N–H and O–H groups in total. The van der Waals surface area contributed by atoms with Crippen molar-refractivity contribution >= 4 is 27.8 Å². The van der Waals surface area contributed by atoms with Crippen molar-refractivity contribution in [2.24, 2.45) is 0 Å². The SMILES string of the molecule is Cc1ccc2[nH]c3c(NCCCOC(C)C)ncnc3c2c1. The third-order valence-electron chi connectivity index (χ3n) is 3.60. The second-order valence-electron chi connectivity index (χ2n) is 5.82. The molecule has 0 unspecified atom stereocenters. The fourth-order valence-electron chi connectivity index (χ4n) is 2.54.